The molecule has 0 fully saturated rings. The van der Waals surface area contributed by atoms with E-state index in [2.05, 4.69) is 27.9 Å². The maximum atomic E-state index is 12.2. The Balaban J connectivity index is 1.94. The van der Waals surface area contributed by atoms with Gasteiger partial charge in [0.1, 0.15) is 11.8 Å². The fraction of sp³-hybridized carbons (Fsp3) is 0.167. The largest absolute Gasteiger partial charge is 0.346 e. The fourth-order valence-corrected chi connectivity index (χ4v) is 2.58. The van der Waals surface area contributed by atoms with E-state index in [-0.39, 0.29) is 5.91 Å². The van der Waals surface area contributed by atoms with Crippen molar-refractivity contribution in [2.24, 2.45) is 0 Å². The van der Waals surface area contributed by atoms with Gasteiger partial charge in [-0.25, -0.2) is 0 Å². The normalized spacial score (nSPS) is 10.4. The highest BCUT2D eigenvalue weighted by Crippen LogP contribution is 2.25. The van der Waals surface area contributed by atoms with Crippen molar-refractivity contribution < 1.29 is 4.79 Å². The van der Waals surface area contributed by atoms with Crippen molar-refractivity contribution >= 4 is 22.5 Å². The van der Waals surface area contributed by atoms with Crippen molar-refractivity contribution in [1.29, 1.82) is 5.26 Å². The second kappa shape index (κ2) is 6.32. The molecular formula is C18H16N4O. The van der Waals surface area contributed by atoms with Crippen LogP contribution in [0.5, 0.6) is 0 Å². The zero-order chi connectivity index (χ0) is 16.2. The van der Waals surface area contributed by atoms with Crippen molar-refractivity contribution in [3.8, 4) is 6.07 Å². The Morgan fingerprint density at radius 3 is 2.91 bits per heavy atom. The maximum Gasteiger partial charge on any atom is 0.274 e. The van der Waals surface area contributed by atoms with Crippen LogP contribution in [0.2, 0.25) is 0 Å². The SMILES string of the molecule is CCCn1cc(C#N)c2cc(NC(=O)c3ccccn3)ccc21. The van der Waals surface area contributed by atoms with Crippen LogP contribution >= 0.6 is 0 Å². The van der Waals surface area contributed by atoms with E-state index in [1.807, 2.05) is 24.4 Å². The van der Waals surface area contributed by atoms with Gasteiger partial charge in [-0.05, 0) is 36.8 Å². The van der Waals surface area contributed by atoms with Crippen molar-refractivity contribution in [1.82, 2.24) is 9.55 Å². The van der Waals surface area contributed by atoms with Crippen LogP contribution in [0.25, 0.3) is 10.9 Å². The molecule has 5 nitrogen and oxygen atoms in total. The first-order chi connectivity index (χ1) is 11.2. The first kappa shape index (κ1) is 14.8. The van der Waals surface area contributed by atoms with Gasteiger partial charge in [0.15, 0.2) is 0 Å². The predicted octanol–water partition coefficient (Wildman–Crippen LogP) is 3.57. The Bertz CT molecular complexity index is 891. The van der Waals surface area contributed by atoms with E-state index in [0.29, 0.717) is 16.9 Å². The first-order valence-electron chi connectivity index (χ1n) is 7.48. The average Bonchev–Trinajstić information content (AvgIpc) is 2.93. The standard InChI is InChI=1S/C18H16N4O/c1-2-9-22-12-13(11-19)15-10-14(6-7-17(15)22)21-18(23)16-5-3-4-8-20-16/h3-8,10,12H,2,9H2,1H3,(H,21,23). The number of fused-ring (bicyclic) bond motifs is 1. The van der Waals surface area contributed by atoms with E-state index >= 15 is 0 Å². The molecule has 0 aliphatic rings. The molecule has 0 bridgehead atoms. The van der Waals surface area contributed by atoms with Gasteiger partial charge in [-0.15, -0.1) is 0 Å². The fourth-order valence-electron chi connectivity index (χ4n) is 2.58. The monoisotopic (exact) mass is 304 g/mol. The van der Waals surface area contributed by atoms with Crippen LogP contribution in [-0.2, 0) is 6.54 Å². The molecule has 0 aliphatic heterocycles. The second-order valence-corrected chi connectivity index (χ2v) is 5.25. The smallest absolute Gasteiger partial charge is 0.274 e. The number of rotatable bonds is 4. The molecule has 1 amide bonds. The van der Waals surface area contributed by atoms with Gasteiger partial charge < -0.3 is 9.88 Å². The highest BCUT2D eigenvalue weighted by atomic mass is 16.1. The number of amides is 1. The third-order valence-electron chi connectivity index (χ3n) is 3.62. The van der Waals surface area contributed by atoms with E-state index in [4.69, 9.17) is 0 Å². The van der Waals surface area contributed by atoms with Crippen LogP contribution in [0.15, 0.2) is 48.8 Å². The number of benzene rings is 1. The number of hydrogen-bond donors (Lipinski definition) is 1. The van der Waals surface area contributed by atoms with E-state index in [1.165, 1.54) is 0 Å². The van der Waals surface area contributed by atoms with E-state index in [0.717, 1.165) is 23.9 Å². The van der Waals surface area contributed by atoms with Crippen LogP contribution < -0.4 is 5.32 Å². The Morgan fingerprint density at radius 2 is 2.22 bits per heavy atom. The van der Waals surface area contributed by atoms with E-state index < -0.39 is 0 Å². The number of nitrogens with one attached hydrogen (secondary N) is 1. The molecule has 0 unspecified atom stereocenters. The van der Waals surface area contributed by atoms with Crippen LogP contribution in [0.1, 0.15) is 29.4 Å². The molecule has 114 valence electrons. The summed E-state index contributed by atoms with van der Waals surface area (Å²) in [5.74, 6) is -0.267. The zero-order valence-corrected chi connectivity index (χ0v) is 12.8. The number of pyridine rings is 1. The quantitative estimate of drug-likeness (QED) is 0.801. The van der Waals surface area contributed by atoms with Gasteiger partial charge in [-0.2, -0.15) is 5.26 Å². The Kier molecular flexibility index (Phi) is 4.07. The Hall–Kier alpha value is -3.13. The molecular weight excluding hydrogens is 288 g/mol. The summed E-state index contributed by atoms with van der Waals surface area (Å²) >= 11 is 0. The van der Waals surface area contributed by atoms with Crippen LogP contribution in [-0.4, -0.2) is 15.5 Å². The van der Waals surface area contributed by atoms with Crippen molar-refractivity contribution in [2.75, 3.05) is 5.32 Å². The van der Waals surface area contributed by atoms with Gasteiger partial charge in [0.2, 0.25) is 0 Å². The third-order valence-corrected chi connectivity index (χ3v) is 3.62. The third kappa shape index (κ3) is 2.92. The zero-order valence-electron chi connectivity index (χ0n) is 12.8. The van der Waals surface area contributed by atoms with Crippen LogP contribution in [0.3, 0.4) is 0 Å². The number of nitriles is 1. The predicted molar refractivity (Wildman–Crippen MR) is 89.1 cm³/mol. The molecule has 0 atom stereocenters. The molecule has 2 heterocycles. The number of carbonyl (C=O) groups excluding carboxylic acids is 1. The number of anilines is 1. The van der Waals surface area contributed by atoms with Crippen LogP contribution in [0.4, 0.5) is 5.69 Å². The lowest BCUT2D eigenvalue weighted by Gasteiger charge is -2.06. The highest BCUT2D eigenvalue weighted by Gasteiger charge is 2.11. The maximum absolute atomic E-state index is 12.2. The lowest BCUT2D eigenvalue weighted by atomic mass is 10.1. The molecule has 3 rings (SSSR count). The number of carbonyl (C=O) groups is 1. The molecule has 2 aromatic heterocycles. The summed E-state index contributed by atoms with van der Waals surface area (Å²) in [5, 5.41) is 13.0. The minimum absolute atomic E-state index is 0.267. The Labute approximate surface area is 134 Å². The van der Waals surface area contributed by atoms with Crippen molar-refractivity contribution in [3.63, 3.8) is 0 Å². The van der Waals surface area contributed by atoms with Gasteiger partial charge in [-0.3, -0.25) is 9.78 Å². The molecule has 0 saturated heterocycles. The number of nitrogens with zero attached hydrogens (tertiary/aromatic N) is 3. The Morgan fingerprint density at radius 1 is 1.35 bits per heavy atom. The summed E-state index contributed by atoms with van der Waals surface area (Å²) in [5.41, 5.74) is 2.62. The molecule has 23 heavy (non-hydrogen) atoms. The van der Waals surface area contributed by atoms with Gasteiger partial charge in [0.25, 0.3) is 5.91 Å². The topological polar surface area (TPSA) is 70.7 Å². The molecule has 1 aromatic carbocycles. The van der Waals surface area contributed by atoms with E-state index in [9.17, 15) is 10.1 Å². The first-order valence-corrected chi connectivity index (χ1v) is 7.48. The van der Waals surface area contributed by atoms with Gasteiger partial charge in [-0.1, -0.05) is 13.0 Å². The van der Waals surface area contributed by atoms with Gasteiger partial charge in [0, 0.05) is 35.5 Å². The van der Waals surface area contributed by atoms with Gasteiger partial charge >= 0.3 is 0 Å². The lowest BCUT2D eigenvalue weighted by molar-refractivity contribution is 0.102. The molecule has 1 N–H and O–H groups in total. The summed E-state index contributed by atoms with van der Waals surface area (Å²) in [4.78, 5) is 16.2. The summed E-state index contributed by atoms with van der Waals surface area (Å²) in [6, 6.07) is 13.0. The molecule has 5 heteroatoms. The minimum Gasteiger partial charge on any atom is -0.346 e. The van der Waals surface area contributed by atoms with Crippen LogP contribution in [0, 0.1) is 11.3 Å². The van der Waals surface area contributed by atoms with Gasteiger partial charge in [0.05, 0.1) is 5.56 Å². The number of aryl methyl sites for hydroxylation is 1. The number of aromatic nitrogens is 2. The van der Waals surface area contributed by atoms with E-state index in [1.54, 1.807) is 24.4 Å². The average molecular weight is 304 g/mol. The second-order valence-electron chi connectivity index (χ2n) is 5.25. The van der Waals surface area contributed by atoms with Crippen molar-refractivity contribution in [3.05, 3.63) is 60.0 Å². The minimum atomic E-state index is -0.267. The number of hydrogen-bond acceptors (Lipinski definition) is 3. The summed E-state index contributed by atoms with van der Waals surface area (Å²) in [6.07, 6.45) is 4.43. The highest BCUT2D eigenvalue weighted by molar-refractivity contribution is 6.04. The van der Waals surface area contributed by atoms with Crippen molar-refractivity contribution in [2.45, 2.75) is 19.9 Å². The molecule has 0 spiro atoms. The lowest BCUT2D eigenvalue weighted by Crippen LogP contribution is -2.13. The summed E-state index contributed by atoms with van der Waals surface area (Å²) in [7, 11) is 0. The summed E-state index contributed by atoms with van der Waals surface area (Å²) in [6.45, 7) is 2.96. The summed E-state index contributed by atoms with van der Waals surface area (Å²) < 4.78 is 2.07. The molecule has 0 radical (unpaired) electrons. The molecule has 3 aromatic rings. The molecule has 0 saturated carbocycles. The molecule has 0 aliphatic carbocycles.